The minimum absolute atomic E-state index is 0.0435. The van der Waals surface area contributed by atoms with Crippen LogP contribution in [0.15, 0.2) is 53.6 Å². The van der Waals surface area contributed by atoms with Crippen LogP contribution < -0.4 is 53.2 Å². The van der Waals surface area contributed by atoms with E-state index in [9.17, 15) is 72.5 Å². The van der Waals surface area contributed by atoms with Gasteiger partial charge in [0.2, 0.25) is 76.8 Å². The van der Waals surface area contributed by atoms with Crippen molar-refractivity contribution < 1.29 is 72.5 Å². The first kappa shape index (κ1) is 69.4. The third kappa shape index (κ3) is 18.3. The van der Waals surface area contributed by atoms with E-state index >= 15 is 0 Å². The summed E-state index contributed by atoms with van der Waals surface area (Å²) in [5.41, 5.74) is 2.02. The van der Waals surface area contributed by atoms with Crippen LogP contribution in [0.5, 0.6) is 0 Å². The van der Waals surface area contributed by atoms with Gasteiger partial charge in [0.25, 0.3) is 0 Å². The van der Waals surface area contributed by atoms with Gasteiger partial charge in [-0.3, -0.25) is 67.2 Å². The van der Waals surface area contributed by atoms with Crippen molar-refractivity contribution in [2.24, 2.45) is 17.8 Å². The summed E-state index contributed by atoms with van der Waals surface area (Å²) in [6.45, 7) is 5.96. The number of anilines is 1. The van der Waals surface area contributed by atoms with Crippen LogP contribution in [0.3, 0.4) is 0 Å². The predicted molar refractivity (Wildman–Crippen MR) is 331 cm³/mol. The average Bonchev–Trinajstić information content (AvgIpc) is 1.90. The molecule has 2 saturated heterocycles. The zero-order valence-corrected chi connectivity index (χ0v) is 52.5. The zero-order valence-electron chi connectivity index (χ0n) is 50.8. The van der Waals surface area contributed by atoms with Gasteiger partial charge in [-0.25, -0.2) is 0 Å². The highest BCUT2D eigenvalue weighted by Gasteiger charge is 2.41. The number of thiol groups is 1. The number of aliphatic hydroxyl groups excluding tert-OH is 2. The number of thioether (sulfide) groups is 1. The van der Waals surface area contributed by atoms with Crippen molar-refractivity contribution in [1.29, 1.82) is 0 Å². The highest BCUT2D eigenvalue weighted by molar-refractivity contribution is 7.99. The topological polar surface area (TPSA) is 405 Å². The second-order valence-electron chi connectivity index (χ2n) is 23.3. The molecule has 4 aliphatic rings. The molecule has 488 valence electrons. The molecule has 1 aromatic heterocycles. The van der Waals surface area contributed by atoms with Gasteiger partial charge in [-0.2, -0.15) is 12.6 Å². The molecule has 90 heavy (non-hydrogen) atoms. The molecule has 0 spiro atoms. The first-order valence-corrected chi connectivity index (χ1v) is 31.7. The van der Waals surface area contributed by atoms with E-state index in [-0.39, 0.29) is 57.5 Å². The van der Waals surface area contributed by atoms with Gasteiger partial charge in [0.1, 0.15) is 36.3 Å². The third-order valence-corrected chi connectivity index (χ3v) is 18.3. The summed E-state index contributed by atoms with van der Waals surface area (Å²) < 4.78 is 0. The quantitative estimate of drug-likeness (QED) is 0.0542. The number of nitrogens with zero attached hydrogens (tertiary/aromatic N) is 2. The molecule has 5 heterocycles. The molecule has 7 rings (SSSR count). The maximum Gasteiger partial charge on any atom is 0.246 e. The molecule has 1 unspecified atom stereocenters. The SMILES string of the molecule is CC[C@H](C)[C@@H]1NC(=O)CNC(=O)[C@H]2Cc3c([nH]c4ccccc34)SC[C@H](NC(=O)CNC1=O)C(=O)N[C@@H](CC(=O)NCc1ccc(NC(=O)[C@H](C)NC(=O)[C@H](C)NC(=O)CCN3C(=O)CC(S)C3=O)cc1)C(=O)N1CCC[C@H]1CC[C@@H]([C@@H](C)[C@@H](O)CO)C(=O)N2. The Kier molecular flexibility index (Phi) is 24.7. The van der Waals surface area contributed by atoms with Crippen LogP contribution in [-0.2, 0) is 75.3 Å². The van der Waals surface area contributed by atoms with Crippen molar-refractivity contribution in [2.75, 3.05) is 43.9 Å². The van der Waals surface area contributed by atoms with E-state index in [1.165, 1.54) is 18.7 Å². The van der Waals surface area contributed by atoms with E-state index in [2.05, 4.69) is 70.8 Å². The molecule has 0 radical (unpaired) electrons. The Balaban J connectivity index is 1.10. The van der Waals surface area contributed by atoms with Crippen LogP contribution in [0.4, 0.5) is 5.69 Å². The maximum atomic E-state index is 15.0. The number of aromatic nitrogens is 1. The number of likely N-dealkylation sites (tertiary alicyclic amines) is 1. The Labute approximate surface area is 529 Å². The summed E-state index contributed by atoms with van der Waals surface area (Å²) in [5, 5.41) is 48.1. The van der Waals surface area contributed by atoms with Gasteiger partial charge in [-0.05, 0) is 80.7 Å². The number of hydrogen-bond acceptors (Lipinski definition) is 17. The lowest BCUT2D eigenvalue weighted by atomic mass is 9.83. The summed E-state index contributed by atoms with van der Waals surface area (Å²) in [5.74, 6) is -11.3. The molecule has 0 aliphatic carbocycles. The maximum absolute atomic E-state index is 15.0. The van der Waals surface area contributed by atoms with E-state index < -0.39 is 174 Å². The number of amides is 13. The number of H-pyrrole nitrogens is 1. The average molecular weight is 1290 g/mol. The third-order valence-electron chi connectivity index (χ3n) is 16.8. The standard InChI is InChI=1S/C60H81N13O15S2/c1-6-30(2)51-57(86)63-26-48(78)67-43-29-90-58-39(38-11-7-8-12-40(38)70-58)22-41(55(84)62-27-49(79)71-51)68-54(83)37(31(3)44(75)28-74)18-17-36-10-9-20-72(36)59(87)42(69-56(43)85)23-47(77)61-25-34-13-15-35(16-14-34)66-53(82)33(5)65-52(81)32(4)64-46(76)19-21-73-50(80)24-45(89)60(73)88/h7-8,11-16,30-33,36-37,41-45,51,70,74-75,89H,6,9-10,17-29H2,1-5H3,(H,61,77)(H,62,84)(H,63,86)(H,64,76)(H,65,81)(H,66,82)(H,67,78)(H,68,83)(H,69,85)(H,71,79)/t30-,31+,32-,33-,36-,37-,41+,42-,43-,44-,45?,51-/m0/s1. The number of benzene rings is 2. The van der Waals surface area contributed by atoms with Gasteiger partial charge < -0.3 is 73.3 Å². The van der Waals surface area contributed by atoms with Crippen LogP contribution in [0.25, 0.3) is 10.9 Å². The number of rotatable bonds is 17. The second kappa shape index (κ2) is 32.1. The molecule has 13 amide bonds. The molecular weight excluding hydrogens is 1210 g/mol. The van der Waals surface area contributed by atoms with Gasteiger partial charge in [0.15, 0.2) is 0 Å². The van der Waals surface area contributed by atoms with Gasteiger partial charge in [-0.15, -0.1) is 11.8 Å². The lowest BCUT2D eigenvalue weighted by molar-refractivity contribution is -0.140. The lowest BCUT2D eigenvalue weighted by Crippen LogP contribution is -2.58. The van der Waals surface area contributed by atoms with Crippen LogP contribution in [0.1, 0.15) is 97.1 Å². The van der Waals surface area contributed by atoms with Crippen molar-refractivity contribution >= 4 is 118 Å². The molecule has 0 saturated carbocycles. The van der Waals surface area contributed by atoms with E-state index in [4.69, 9.17) is 0 Å². The normalized spacial score (nSPS) is 24.3. The van der Waals surface area contributed by atoms with Crippen LogP contribution in [0.2, 0.25) is 0 Å². The number of para-hydroxylation sites is 1. The van der Waals surface area contributed by atoms with E-state index in [1.807, 2.05) is 0 Å². The highest BCUT2D eigenvalue weighted by Crippen LogP contribution is 2.33. The molecule has 2 aromatic carbocycles. The Bertz CT molecular complexity index is 3200. The summed E-state index contributed by atoms with van der Waals surface area (Å²) in [6.07, 6.45) is -0.831. The van der Waals surface area contributed by atoms with Crippen molar-refractivity contribution in [1.82, 2.24) is 62.6 Å². The van der Waals surface area contributed by atoms with Gasteiger partial charge in [-0.1, -0.05) is 57.5 Å². The van der Waals surface area contributed by atoms with Crippen LogP contribution >= 0.6 is 24.4 Å². The van der Waals surface area contributed by atoms with Crippen molar-refractivity contribution in [3.63, 3.8) is 0 Å². The fourth-order valence-electron chi connectivity index (χ4n) is 11.1. The summed E-state index contributed by atoms with van der Waals surface area (Å²) in [4.78, 5) is 183. The first-order valence-electron chi connectivity index (χ1n) is 30.2. The Morgan fingerprint density at radius 3 is 2.12 bits per heavy atom. The van der Waals surface area contributed by atoms with Crippen molar-refractivity contribution in [3.05, 3.63) is 59.7 Å². The van der Waals surface area contributed by atoms with E-state index in [0.29, 0.717) is 52.0 Å². The smallest absolute Gasteiger partial charge is 0.246 e. The van der Waals surface area contributed by atoms with E-state index in [1.54, 1.807) is 69.3 Å². The number of fused-ring (bicyclic) bond motifs is 5. The largest absolute Gasteiger partial charge is 0.394 e. The molecule has 3 aromatic rings. The number of nitrogens with one attached hydrogen (secondary N) is 11. The number of imide groups is 1. The molecule has 12 atom stereocenters. The fourth-order valence-corrected chi connectivity index (χ4v) is 12.5. The molecule has 30 heteroatoms. The summed E-state index contributed by atoms with van der Waals surface area (Å²) in [7, 11) is 0. The number of aliphatic hydroxyl groups is 2. The molecule has 13 N–H and O–H groups in total. The summed E-state index contributed by atoms with van der Waals surface area (Å²) >= 11 is 5.14. The Morgan fingerprint density at radius 1 is 0.744 bits per heavy atom. The molecule has 28 nitrogen and oxygen atoms in total. The summed E-state index contributed by atoms with van der Waals surface area (Å²) in [6, 6.07) is 5.26. The molecule has 2 bridgehead atoms. The van der Waals surface area contributed by atoms with Gasteiger partial charge in [0, 0.05) is 73.2 Å². The Morgan fingerprint density at radius 2 is 1.43 bits per heavy atom. The van der Waals surface area contributed by atoms with Crippen LogP contribution in [-0.4, -0.2) is 194 Å². The van der Waals surface area contributed by atoms with Crippen molar-refractivity contribution in [2.45, 2.75) is 158 Å². The number of carbonyl (C=O) groups excluding carboxylic acids is 13. The molecule has 4 aliphatic heterocycles. The predicted octanol–water partition coefficient (Wildman–Crippen LogP) is -1.47. The first-order chi connectivity index (χ1) is 42.8. The van der Waals surface area contributed by atoms with E-state index in [0.717, 1.165) is 16.7 Å². The highest BCUT2D eigenvalue weighted by atomic mass is 32.2. The number of aromatic amines is 1. The van der Waals surface area contributed by atoms with Gasteiger partial charge >= 0.3 is 0 Å². The van der Waals surface area contributed by atoms with Crippen molar-refractivity contribution in [3.8, 4) is 0 Å². The lowest BCUT2D eigenvalue weighted by Gasteiger charge is -2.33. The molecular formula is C60H81N13O15S2. The zero-order chi connectivity index (χ0) is 65.5. The van der Waals surface area contributed by atoms with Crippen LogP contribution in [0, 0.1) is 17.8 Å². The fraction of sp³-hybridized carbons (Fsp3) is 0.550. The second-order valence-corrected chi connectivity index (χ2v) is 24.9. The monoisotopic (exact) mass is 1290 g/mol. The number of carbonyl (C=O) groups is 13. The minimum Gasteiger partial charge on any atom is -0.394 e. The minimum atomic E-state index is -1.52. The number of hydrogen-bond donors (Lipinski definition) is 14. The van der Waals surface area contributed by atoms with Gasteiger partial charge in [0.05, 0.1) is 42.5 Å². The Hall–Kier alpha value is -8.09. The molecule has 2 fully saturated rings.